The summed E-state index contributed by atoms with van der Waals surface area (Å²) in [5, 5.41) is 0. The minimum absolute atomic E-state index is 0.379. The fourth-order valence-corrected chi connectivity index (χ4v) is 3.52. The number of fused-ring (bicyclic) bond motifs is 1. The topological polar surface area (TPSA) is 24.9 Å². The predicted octanol–water partition coefficient (Wildman–Crippen LogP) is 2.16. The van der Waals surface area contributed by atoms with E-state index < -0.39 is 0 Å². The molecule has 0 aromatic heterocycles. The number of rotatable bonds is 6. The minimum atomic E-state index is 0.379. The van der Waals surface area contributed by atoms with E-state index in [0.717, 1.165) is 44.9 Å². The second-order valence-electron chi connectivity index (χ2n) is 6.21. The van der Waals surface area contributed by atoms with Gasteiger partial charge in [-0.2, -0.15) is 0 Å². The molecule has 0 N–H and O–H groups in total. The fraction of sp³-hybridized carbons (Fsp3) is 0.556. The molecule has 4 heteroatoms. The van der Waals surface area contributed by atoms with Crippen molar-refractivity contribution in [3.05, 3.63) is 42.5 Å². The molecule has 2 fully saturated rings. The monoisotopic (exact) mass is 302 g/mol. The summed E-state index contributed by atoms with van der Waals surface area (Å²) in [5.74, 6) is 0.923. The van der Waals surface area contributed by atoms with E-state index in [4.69, 9.17) is 9.47 Å². The van der Waals surface area contributed by atoms with Crippen LogP contribution in [0, 0.1) is 0 Å². The lowest BCUT2D eigenvalue weighted by molar-refractivity contribution is 0.0758. The van der Waals surface area contributed by atoms with Crippen LogP contribution in [0.25, 0.3) is 0 Å². The molecule has 2 aliphatic heterocycles. The standard InChI is InChI=1S/C18H26N2O2/c1-3-10-22-18-11-16-13-19(8-9-20(16)14-18)12-15-4-6-17(21-2)7-5-15/h3-7,16,18H,1,8-14H2,2H3/t16-,18-/m1/s1. The maximum absolute atomic E-state index is 5.83. The molecular weight excluding hydrogens is 276 g/mol. The number of benzene rings is 1. The van der Waals surface area contributed by atoms with Crippen LogP contribution in [0.4, 0.5) is 0 Å². The van der Waals surface area contributed by atoms with E-state index in [9.17, 15) is 0 Å². The Balaban J connectivity index is 1.51. The van der Waals surface area contributed by atoms with Crippen LogP contribution in [-0.4, -0.2) is 61.8 Å². The third-order valence-corrected chi connectivity index (χ3v) is 4.68. The van der Waals surface area contributed by atoms with Crippen molar-refractivity contribution in [2.45, 2.75) is 25.1 Å². The summed E-state index contributed by atoms with van der Waals surface area (Å²) >= 11 is 0. The quantitative estimate of drug-likeness (QED) is 0.752. The maximum Gasteiger partial charge on any atom is 0.118 e. The van der Waals surface area contributed by atoms with Crippen molar-refractivity contribution in [2.75, 3.05) is 39.9 Å². The fourth-order valence-electron chi connectivity index (χ4n) is 3.52. The van der Waals surface area contributed by atoms with E-state index >= 15 is 0 Å². The van der Waals surface area contributed by atoms with Gasteiger partial charge in [-0.3, -0.25) is 9.80 Å². The Morgan fingerprint density at radius 2 is 2.05 bits per heavy atom. The van der Waals surface area contributed by atoms with Crippen LogP contribution in [0.3, 0.4) is 0 Å². The van der Waals surface area contributed by atoms with Crippen molar-refractivity contribution in [3.8, 4) is 5.75 Å². The van der Waals surface area contributed by atoms with Crippen LogP contribution in [0.5, 0.6) is 5.75 Å². The molecule has 22 heavy (non-hydrogen) atoms. The lowest BCUT2D eigenvalue weighted by Crippen LogP contribution is -2.49. The first kappa shape index (κ1) is 15.5. The Kier molecular flexibility index (Phi) is 5.13. The lowest BCUT2D eigenvalue weighted by Gasteiger charge is -2.37. The van der Waals surface area contributed by atoms with Gasteiger partial charge in [-0.05, 0) is 24.1 Å². The van der Waals surface area contributed by atoms with Gasteiger partial charge in [0.15, 0.2) is 0 Å². The molecule has 2 atom stereocenters. The van der Waals surface area contributed by atoms with E-state index in [1.165, 1.54) is 5.56 Å². The third kappa shape index (κ3) is 3.69. The summed E-state index contributed by atoms with van der Waals surface area (Å²) in [6.07, 6.45) is 3.36. The molecular formula is C18H26N2O2. The summed E-state index contributed by atoms with van der Waals surface area (Å²) < 4.78 is 11.0. The van der Waals surface area contributed by atoms with E-state index in [0.29, 0.717) is 18.8 Å². The van der Waals surface area contributed by atoms with Gasteiger partial charge in [0.2, 0.25) is 0 Å². The molecule has 4 nitrogen and oxygen atoms in total. The molecule has 0 spiro atoms. The second kappa shape index (κ2) is 7.27. The molecule has 0 amide bonds. The molecule has 0 unspecified atom stereocenters. The first-order valence-electron chi connectivity index (χ1n) is 8.10. The van der Waals surface area contributed by atoms with Crippen molar-refractivity contribution in [1.29, 1.82) is 0 Å². The molecule has 2 heterocycles. The minimum Gasteiger partial charge on any atom is -0.497 e. The molecule has 1 aromatic rings. The van der Waals surface area contributed by atoms with Gasteiger partial charge >= 0.3 is 0 Å². The van der Waals surface area contributed by atoms with E-state index in [-0.39, 0.29) is 0 Å². The van der Waals surface area contributed by atoms with E-state index in [2.05, 4.69) is 28.5 Å². The number of nitrogens with zero attached hydrogens (tertiary/aromatic N) is 2. The van der Waals surface area contributed by atoms with Gasteiger partial charge in [0.25, 0.3) is 0 Å². The maximum atomic E-state index is 5.83. The normalized spacial score (nSPS) is 25.9. The number of hydrogen-bond acceptors (Lipinski definition) is 4. The highest BCUT2D eigenvalue weighted by molar-refractivity contribution is 5.27. The average molecular weight is 302 g/mol. The second-order valence-corrected chi connectivity index (χ2v) is 6.21. The Hall–Kier alpha value is -1.36. The zero-order valence-electron chi connectivity index (χ0n) is 13.4. The van der Waals surface area contributed by atoms with E-state index in [1.807, 2.05) is 18.2 Å². The summed E-state index contributed by atoms with van der Waals surface area (Å²) in [6, 6.07) is 9.05. The molecule has 0 saturated carbocycles. The van der Waals surface area contributed by atoms with E-state index in [1.54, 1.807) is 7.11 Å². The number of ether oxygens (including phenoxy) is 2. The van der Waals surface area contributed by atoms with Crippen LogP contribution in [-0.2, 0) is 11.3 Å². The Morgan fingerprint density at radius 1 is 1.23 bits per heavy atom. The van der Waals surface area contributed by atoms with Gasteiger partial charge in [-0.15, -0.1) is 6.58 Å². The zero-order chi connectivity index (χ0) is 15.4. The van der Waals surface area contributed by atoms with Crippen molar-refractivity contribution >= 4 is 0 Å². The van der Waals surface area contributed by atoms with Crippen molar-refractivity contribution < 1.29 is 9.47 Å². The largest absolute Gasteiger partial charge is 0.497 e. The van der Waals surface area contributed by atoms with Crippen LogP contribution in [0.1, 0.15) is 12.0 Å². The number of piperazine rings is 1. The smallest absolute Gasteiger partial charge is 0.118 e. The summed E-state index contributed by atoms with van der Waals surface area (Å²) in [4.78, 5) is 5.14. The Morgan fingerprint density at radius 3 is 2.77 bits per heavy atom. The highest BCUT2D eigenvalue weighted by Gasteiger charge is 2.36. The molecule has 0 radical (unpaired) electrons. The molecule has 120 valence electrons. The van der Waals surface area contributed by atoms with Gasteiger partial charge in [0, 0.05) is 38.8 Å². The Bertz CT molecular complexity index is 488. The molecule has 0 aliphatic carbocycles. The first-order chi connectivity index (χ1) is 10.8. The molecule has 2 saturated heterocycles. The van der Waals surface area contributed by atoms with Gasteiger partial charge in [-0.25, -0.2) is 0 Å². The van der Waals surface area contributed by atoms with Crippen molar-refractivity contribution in [3.63, 3.8) is 0 Å². The van der Waals surface area contributed by atoms with Gasteiger partial charge in [0.1, 0.15) is 5.75 Å². The van der Waals surface area contributed by atoms with Crippen LogP contribution in [0.2, 0.25) is 0 Å². The van der Waals surface area contributed by atoms with Crippen molar-refractivity contribution in [2.24, 2.45) is 0 Å². The highest BCUT2D eigenvalue weighted by atomic mass is 16.5. The molecule has 3 rings (SSSR count). The SMILES string of the molecule is C=CCO[C@@H]1C[C@@H]2CN(Cc3ccc(OC)cc3)CCN2C1. The first-order valence-corrected chi connectivity index (χ1v) is 8.10. The number of hydrogen-bond donors (Lipinski definition) is 0. The van der Waals surface area contributed by atoms with Crippen LogP contribution < -0.4 is 4.74 Å². The summed E-state index contributed by atoms with van der Waals surface area (Å²) in [7, 11) is 1.71. The molecule has 0 bridgehead atoms. The van der Waals surface area contributed by atoms with Gasteiger partial charge in [-0.1, -0.05) is 18.2 Å². The third-order valence-electron chi connectivity index (χ3n) is 4.68. The average Bonchev–Trinajstić information content (AvgIpc) is 2.95. The summed E-state index contributed by atoms with van der Waals surface area (Å²) in [6.45, 7) is 9.92. The summed E-state index contributed by atoms with van der Waals surface area (Å²) in [5.41, 5.74) is 1.35. The molecule has 1 aromatic carbocycles. The van der Waals surface area contributed by atoms with Crippen LogP contribution in [0.15, 0.2) is 36.9 Å². The van der Waals surface area contributed by atoms with Gasteiger partial charge < -0.3 is 9.47 Å². The predicted molar refractivity (Wildman–Crippen MR) is 88.2 cm³/mol. The lowest BCUT2D eigenvalue weighted by atomic mass is 10.1. The number of methoxy groups -OCH3 is 1. The van der Waals surface area contributed by atoms with Crippen LogP contribution >= 0.6 is 0 Å². The zero-order valence-corrected chi connectivity index (χ0v) is 13.4. The molecule has 2 aliphatic rings. The highest BCUT2D eigenvalue weighted by Crippen LogP contribution is 2.25. The van der Waals surface area contributed by atoms with Crippen molar-refractivity contribution in [1.82, 2.24) is 9.80 Å². The Labute approximate surface area is 133 Å². The van der Waals surface area contributed by atoms with Gasteiger partial charge in [0.05, 0.1) is 19.8 Å².